The lowest BCUT2D eigenvalue weighted by Crippen LogP contribution is -2.07. The van der Waals surface area contributed by atoms with Crippen LogP contribution in [0.5, 0.6) is 5.75 Å². The molecule has 0 unspecified atom stereocenters. The maximum absolute atomic E-state index is 11.7. The lowest BCUT2D eigenvalue weighted by molar-refractivity contribution is 0.414. The van der Waals surface area contributed by atoms with E-state index in [1.165, 1.54) is 6.07 Å². The van der Waals surface area contributed by atoms with Crippen LogP contribution in [-0.2, 0) is 6.42 Å². The summed E-state index contributed by atoms with van der Waals surface area (Å²) in [7, 11) is 1.57. The van der Waals surface area contributed by atoms with Gasteiger partial charge in [-0.05, 0) is 18.7 Å². The van der Waals surface area contributed by atoms with Crippen LogP contribution in [0.3, 0.4) is 0 Å². The zero-order valence-electron chi connectivity index (χ0n) is 9.03. The number of methoxy groups -OCH3 is 1. The van der Waals surface area contributed by atoms with Gasteiger partial charge in [-0.1, -0.05) is 0 Å². The molecule has 0 fully saturated rings. The Morgan fingerprint density at radius 1 is 1.38 bits per heavy atom. The van der Waals surface area contributed by atoms with E-state index in [0.29, 0.717) is 35.4 Å². The fraction of sp³-hybridized carbons (Fsp3) is 0.250. The first-order valence-electron chi connectivity index (χ1n) is 5.05. The van der Waals surface area contributed by atoms with Crippen molar-refractivity contribution in [3.63, 3.8) is 0 Å². The molecule has 0 saturated heterocycles. The Morgan fingerprint density at radius 3 is 2.88 bits per heavy atom. The van der Waals surface area contributed by atoms with Crippen LogP contribution in [-0.4, -0.2) is 13.7 Å². The Bertz CT molecular complexity index is 560. The van der Waals surface area contributed by atoms with E-state index in [2.05, 4.69) is 0 Å². The molecule has 84 valence electrons. The summed E-state index contributed by atoms with van der Waals surface area (Å²) in [5, 5.41) is 0.557. The summed E-state index contributed by atoms with van der Waals surface area (Å²) in [6.07, 6.45) is 0.558. The van der Waals surface area contributed by atoms with E-state index in [-0.39, 0.29) is 5.43 Å². The van der Waals surface area contributed by atoms with Crippen LogP contribution in [0.2, 0.25) is 0 Å². The van der Waals surface area contributed by atoms with E-state index in [1.54, 1.807) is 25.3 Å². The third-order valence-electron chi connectivity index (χ3n) is 2.38. The minimum Gasteiger partial charge on any atom is -0.497 e. The highest BCUT2D eigenvalue weighted by atomic mass is 16.5. The van der Waals surface area contributed by atoms with E-state index in [4.69, 9.17) is 14.9 Å². The minimum absolute atomic E-state index is 0.0487. The van der Waals surface area contributed by atoms with Crippen LogP contribution in [0.25, 0.3) is 11.0 Å². The van der Waals surface area contributed by atoms with Crippen molar-refractivity contribution in [2.24, 2.45) is 5.73 Å². The Hall–Kier alpha value is -1.81. The zero-order valence-corrected chi connectivity index (χ0v) is 9.03. The molecule has 0 bridgehead atoms. The summed E-state index contributed by atoms with van der Waals surface area (Å²) in [5.74, 6) is 1.27. The van der Waals surface area contributed by atoms with Gasteiger partial charge >= 0.3 is 0 Å². The molecule has 1 aromatic heterocycles. The molecule has 0 aliphatic rings. The van der Waals surface area contributed by atoms with Crippen LogP contribution in [0.4, 0.5) is 0 Å². The average molecular weight is 219 g/mol. The van der Waals surface area contributed by atoms with Crippen molar-refractivity contribution in [1.29, 1.82) is 0 Å². The monoisotopic (exact) mass is 219 g/mol. The Balaban J connectivity index is 2.63. The molecule has 0 aliphatic carbocycles. The minimum atomic E-state index is -0.0487. The van der Waals surface area contributed by atoms with Crippen molar-refractivity contribution >= 4 is 11.0 Å². The third-order valence-corrected chi connectivity index (χ3v) is 2.38. The summed E-state index contributed by atoms with van der Waals surface area (Å²) in [4.78, 5) is 11.7. The molecule has 0 aliphatic heterocycles. The van der Waals surface area contributed by atoms with Gasteiger partial charge < -0.3 is 14.9 Å². The molecule has 2 aromatic rings. The third kappa shape index (κ3) is 1.92. The highest BCUT2D eigenvalue weighted by molar-refractivity contribution is 5.77. The smallest absolute Gasteiger partial charge is 0.192 e. The van der Waals surface area contributed by atoms with Gasteiger partial charge in [0.15, 0.2) is 5.43 Å². The fourth-order valence-electron chi connectivity index (χ4n) is 1.58. The van der Waals surface area contributed by atoms with Gasteiger partial charge in [-0.3, -0.25) is 4.79 Å². The van der Waals surface area contributed by atoms with E-state index >= 15 is 0 Å². The number of ether oxygens (including phenoxy) is 1. The highest BCUT2D eigenvalue weighted by Crippen LogP contribution is 2.19. The van der Waals surface area contributed by atoms with Gasteiger partial charge in [0.05, 0.1) is 12.5 Å². The molecule has 4 heteroatoms. The first-order valence-corrected chi connectivity index (χ1v) is 5.05. The van der Waals surface area contributed by atoms with E-state index in [1.807, 2.05) is 0 Å². The Labute approximate surface area is 92.6 Å². The lowest BCUT2D eigenvalue weighted by Gasteiger charge is -2.03. The predicted molar refractivity (Wildman–Crippen MR) is 61.8 cm³/mol. The Morgan fingerprint density at radius 2 is 2.19 bits per heavy atom. The van der Waals surface area contributed by atoms with Gasteiger partial charge in [-0.15, -0.1) is 0 Å². The molecule has 0 radical (unpaired) electrons. The molecular weight excluding hydrogens is 206 g/mol. The van der Waals surface area contributed by atoms with Gasteiger partial charge in [-0.2, -0.15) is 0 Å². The number of hydrogen-bond acceptors (Lipinski definition) is 4. The number of hydrogen-bond donors (Lipinski definition) is 1. The molecule has 0 amide bonds. The summed E-state index contributed by atoms with van der Waals surface area (Å²) >= 11 is 0. The van der Waals surface area contributed by atoms with Crippen LogP contribution >= 0.6 is 0 Å². The van der Waals surface area contributed by atoms with Crippen molar-refractivity contribution in [2.45, 2.75) is 6.42 Å². The fourth-order valence-corrected chi connectivity index (χ4v) is 1.58. The standard InChI is InChI=1S/C12H13NO3/c1-15-8-2-3-10-11(14)6-9(4-5-13)16-12(10)7-8/h2-3,6-7H,4-5,13H2,1H3. The highest BCUT2D eigenvalue weighted by Gasteiger charge is 2.05. The predicted octanol–water partition coefficient (Wildman–Crippen LogP) is 1.30. The lowest BCUT2D eigenvalue weighted by atomic mass is 10.2. The molecule has 1 aromatic carbocycles. The number of nitrogens with two attached hydrogens (primary N) is 1. The molecule has 0 saturated carbocycles. The Kier molecular flexibility index (Phi) is 2.92. The van der Waals surface area contributed by atoms with Crippen LogP contribution in [0, 0.1) is 0 Å². The van der Waals surface area contributed by atoms with Gasteiger partial charge in [0, 0.05) is 18.6 Å². The van der Waals surface area contributed by atoms with Crippen molar-refractivity contribution in [2.75, 3.05) is 13.7 Å². The summed E-state index contributed by atoms with van der Waals surface area (Å²) in [6, 6.07) is 6.63. The first kappa shape index (κ1) is 10.7. The molecule has 4 nitrogen and oxygen atoms in total. The molecule has 1 heterocycles. The molecular formula is C12H13NO3. The second-order valence-electron chi connectivity index (χ2n) is 3.48. The molecule has 0 atom stereocenters. The summed E-state index contributed by atoms with van der Waals surface area (Å²) < 4.78 is 10.6. The quantitative estimate of drug-likeness (QED) is 0.845. The van der Waals surface area contributed by atoms with Gasteiger partial charge in [0.25, 0.3) is 0 Å². The second-order valence-corrected chi connectivity index (χ2v) is 3.48. The number of rotatable bonds is 3. The average Bonchev–Trinajstić information content (AvgIpc) is 2.28. The largest absolute Gasteiger partial charge is 0.497 e. The summed E-state index contributed by atoms with van der Waals surface area (Å²) in [5.41, 5.74) is 5.91. The molecule has 2 N–H and O–H groups in total. The SMILES string of the molecule is COc1ccc2c(=O)cc(CCN)oc2c1. The van der Waals surface area contributed by atoms with E-state index in [9.17, 15) is 4.79 Å². The maximum atomic E-state index is 11.7. The second kappa shape index (κ2) is 4.37. The topological polar surface area (TPSA) is 65.5 Å². The summed E-state index contributed by atoms with van der Waals surface area (Å²) in [6.45, 7) is 0.457. The molecule has 0 spiro atoms. The normalized spacial score (nSPS) is 10.6. The van der Waals surface area contributed by atoms with Crippen molar-refractivity contribution < 1.29 is 9.15 Å². The van der Waals surface area contributed by atoms with Crippen LogP contribution in [0.1, 0.15) is 5.76 Å². The maximum Gasteiger partial charge on any atom is 0.192 e. The molecule has 2 rings (SSSR count). The van der Waals surface area contributed by atoms with Gasteiger partial charge in [0.1, 0.15) is 17.1 Å². The number of benzene rings is 1. The molecule has 16 heavy (non-hydrogen) atoms. The number of fused-ring (bicyclic) bond motifs is 1. The van der Waals surface area contributed by atoms with Crippen LogP contribution in [0.15, 0.2) is 33.5 Å². The van der Waals surface area contributed by atoms with Crippen molar-refractivity contribution in [3.8, 4) is 5.75 Å². The van der Waals surface area contributed by atoms with E-state index in [0.717, 1.165) is 0 Å². The van der Waals surface area contributed by atoms with Crippen LogP contribution < -0.4 is 15.9 Å². The van der Waals surface area contributed by atoms with Crippen molar-refractivity contribution in [1.82, 2.24) is 0 Å². The van der Waals surface area contributed by atoms with Gasteiger partial charge in [0.2, 0.25) is 0 Å². The van der Waals surface area contributed by atoms with E-state index < -0.39 is 0 Å². The zero-order chi connectivity index (χ0) is 11.5. The van der Waals surface area contributed by atoms with Gasteiger partial charge in [-0.25, -0.2) is 0 Å². The first-order chi connectivity index (χ1) is 7.74. The van der Waals surface area contributed by atoms with Crippen molar-refractivity contribution in [3.05, 3.63) is 40.2 Å².